The van der Waals surface area contributed by atoms with Gasteiger partial charge in [0.15, 0.2) is 0 Å². The van der Waals surface area contributed by atoms with E-state index in [1.807, 2.05) is 43.3 Å². The molecule has 184 valence electrons. The van der Waals surface area contributed by atoms with Crippen molar-refractivity contribution < 1.29 is 9.21 Å². The fraction of sp³-hybridized carbons (Fsp3) is 0.250. The van der Waals surface area contributed by atoms with Crippen LogP contribution in [0.25, 0.3) is 11.5 Å². The van der Waals surface area contributed by atoms with E-state index in [1.165, 1.54) is 28.6 Å². The van der Waals surface area contributed by atoms with Gasteiger partial charge in [0.2, 0.25) is 11.8 Å². The van der Waals surface area contributed by atoms with Crippen LogP contribution in [-0.2, 0) is 11.3 Å². The summed E-state index contributed by atoms with van der Waals surface area (Å²) in [4.78, 5) is 17.3. The number of anilines is 2. The number of rotatable bonds is 8. The first-order chi connectivity index (χ1) is 17.6. The number of carbonyl (C=O) groups excluding carboxylic acids is 1. The summed E-state index contributed by atoms with van der Waals surface area (Å²) in [6.45, 7) is 7.07. The first-order valence-corrected chi connectivity index (χ1v) is 13.1. The summed E-state index contributed by atoms with van der Waals surface area (Å²) in [5.74, 6) is 0.535. The first kappa shape index (κ1) is 24.1. The van der Waals surface area contributed by atoms with E-state index in [0.717, 1.165) is 44.0 Å². The molecule has 36 heavy (non-hydrogen) atoms. The fourth-order valence-electron chi connectivity index (χ4n) is 4.17. The Bertz CT molecular complexity index is 1270. The highest BCUT2D eigenvalue weighted by molar-refractivity contribution is 7.99. The Balaban J connectivity index is 1.07. The summed E-state index contributed by atoms with van der Waals surface area (Å²) in [6.07, 6.45) is 0. The lowest BCUT2D eigenvalue weighted by Gasteiger charge is -2.36. The van der Waals surface area contributed by atoms with Crippen molar-refractivity contribution in [3.63, 3.8) is 0 Å². The Kier molecular flexibility index (Phi) is 7.64. The molecule has 1 saturated heterocycles. The third-order valence-electron chi connectivity index (χ3n) is 6.17. The van der Waals surface area contributed by atoms with Gasteiger partial charge in [0.05, 0.1) is 5.75 Å². The second-order valence-corrected chi connectivity index (χ2v) is 9.80. The number of carbonyl (C=O) groups is 1. The van der Waals surface area contributed by atoms with Gasteiger partial charge >= 0.3 is 0 Å². The summed E-state index contributed by atoms with van der Waals surface area (Å²) in [5, 5.41) is 11.4. The molecule has 1 aliphatic heterocycles. The van der Waals surface area contributed by atoms with Crippen LogP contribution < -0.4 is 10.2 Å². The van der Waals surface area contributed by atoms with Gasteiger partial charge in [-0.1, -0.05) is 59.8 Å². The van der Waals surface area contributed by atoms with E-state index >= 15 is 0 Å². The van der Waals surface area contributed by atoms with Crippen molar-refractivity contribution in [3.8, 4) is 11.5 Å². The van der Waals surface area contributed by atoms with E-state index in [0.29, 0.717) is 11.1 Å². The average molecular weight is 500 g/mol. The fourth-order valence-corrected chi connectivity index (χ4v) is 4.73. The molecular weight excluding hydrogens is 470 g/mol. The molecule has 3 aromatic carbocycles. The quantitative estimate of drug-likeness (QED) is 0.338. The number of amides is 1. The molecule has 0 unspecified atom stereocenters. The lowest BCUT2D eigenvalue weighted by atomic mass is 10.1. The minimum atomic E-state index is -0.114. The van der Waals surface area contributed by atoms with Crippen molar-refractivity contribution in [1.29, 1.82) is 0 Å². The normalized spacial score (nSPS) is 14.1. The summed E-state index contributed by atoms with van der Waals surface area (Å²) >= 11 is 1.23. The Morgan fingerprint density at radius 1 is 0.917 bits per heavy atom. The number of hydrogen-bond donors (Lipinski definition) is 1. The molecule has 1 fully saturated rings. The highest BCUT2D eigenvalue weighted by atomic mass is 32.2. The molecule has 2 heterocycles. The van der Waals surface area contributed by atoms with Crippen molar-refractivity contribution in [3.05, 3.63) is 90.0 Å². The number of thioether (sulfide) groups is 1. The van der Waals surface area contributed by atoms with E-state index in [-0.39, 0.29) is 11.7 Å². The zero-order valence-electron chi connectivity index (χ0n) is 20.3. The van der Waals surface area contributed by atoms with Crippen molar-refractivity contribution in [2.24, 2.45) is 0 Å². The van der Waals surface area contributed by atoms with E-state index < -0.39 is 0 Å². The van der Waals surface area contributed by atoms with Crippen molar-refractivity contribution in [2.45, 2.75) is 18.7 Å². The van der Waals surface area contributed by atoms with Gasteiger partial charge in [0, 0.05) is 49.7 Å². The van der Waals surface area contributed by atoms with Crippen LogP contribution in [0.2, 0.25) is 0 Å². The van der Waals surface area contributed by atoms with E-state index in [2.05, 4.69) is 67.8 Å². The molecular formula is C28H29N5O2S. The molecule has 1 amide bonds. The topological polar surface area (TPSA) is 74.5 Å². The number of piperazine rings is 1. The maximum absolute atomic E-state index is 12.4. The molecule has 1 N–H and O–H groups in total. The van der Waals surface area contributed by atoms with E-state index in [9.17, 15) is 4.79 Å². The van der Waals surface area contributed by atoms with Crippen molar-refractivity contribution in [2.75, 3.05) is 42.1 Å². The van der Waals surface area contributed by atoms with Gasteiger partial charge in [-0.25, -0.2) is 0 Å². The smallest absolute Gasteiger partial charge is 0.277 e. The van der Waals surface area contributed by atoms with Crippen LogP contribution in [0.15, 0.2) is 88.5 Å². The highest BCUT2D eigenvalue weighted by Crippen LogP contribution is 2.24. The van der Waals surface area contributed by atoms with Crippen LogP contribution in [0.4, 0.5) is 11.4 Å². The molecule has 0 radical (unpaired) electrons. The molecule has 8 heteroatoms. The van der Waals surface area contributed by atoms with Crippen LogP contribution in [0.5, 0.6) is 0 Å². The van der Waals surface area contributed by atoms with Gasteiger partial charge in [0.1, 0.15) is 0 Å². The van der Waals surface area contributed by atoms with Gasteiger partial charge in [-0.3, -0.25) is 9.69 Å². The molecule has 0 saturated carbocycles. The second kappa shape index (κ2) is 11.4. The monoisotopic (exact) mass is 499 g/mol. The predicted molar refractivity (Wildman–Crippen MR) is 144 cm³/mol. The van der Waals surface area contributed by atoms with Crippen LogP contribution >= 0.6 is 11.8 Å². The minimum absolute atomic E-state index is 0.114. The molecule has 7 nitrogen and oxygen atoms in total. The standard InChI is InChI=1S/C28H29N5O2S/c1-21-7-9-23(10-8-21)27-30-31-28(35-27)36-20-26(34)29-24-11-13-25(14-12-24)33-17-15-32(16-18-33)19-22-5-3-2-4-6-22/h2-14H,15-20H2,1H3,(H,29,34). The highest BCUT2D eigenvalue weighted by Gasteiger charge is 2.17. The lowest BCUT2D eigenvalue weighted by Crippen LogP contribution is -2.45. The Labute approximate surface area is 215 Å². The zero-order chi connectivity index (χ0) is 24.7. The van der Waals surface area contributed by atoms with Crippen molar-refractivity contribution in [1.82, 2.24) is 15.1 Å². The third-order valence-corrected chi connectivity index (χ3v) is 6.99. The van der Waals surface area contributed by atoms with Gasteiger partial charge in [-0.15, -0.1) is 10.2 Å². The first-order valence-electron chi connectivity index (χ1n) is 12.1. The maximum Gasteiger partial charge on any atom is 0.277 e. The van der Waals surface area contributed by atoms with Gasteiger partial charge in [-0.2, -0.15) is 0 Å². The number of aromatic nitrogens is 2. The Morgan fingerprint density at radius 3 is 2.36 bits per heavy atom. The van der Waals surface area contributed by atoms with Crippen LogP contribution in [-0.4, -0.2) is 52.9 Å². The van der Waals surface area contributed by atoms with Crippen LogP contribution in [0, 0.1) is 6.92 Å². The molecule has 0 spiro atoms. The van der Waals surface area contributed by atoms with Gasteiger partial charge in [-0.05, 0) is 48.9 Å². The number of nitrogens with one attached hydrogen (secondary N) is 1. The summed E-state index contributed by atoms with van der Waals surface area (Å²) < 4.78 is 5.69. The zero-order valence-corrected chi connectivity index (χ0v) is 21.1. The maximum atomic E-state index is 12.4. The van der Waals surface area contributed by atoms with Crippen LogP contribution in [0.1, 0.15) is 11.1 Å². The molecule has 1 aliphatic rings. The number of aryl methyl sites for hydroxylation is 1. The van der Waals surface area contributed by atoms with E-state index in [1.54, 1.807) is 0 Å². The summed E-state index contributed by atoms with van der Waals surface area (Å²) in [5.41, 5.74) is 5.34. The van der Waals surface area contributed by atoms with Gasteiger partial charge < -0.3 is 14.6 Å². The minimum Gasteiger partial charge on any atom is -0.411 e. The number of hydrogen-bond acceptors (Lipinski definition) is 7. The molecule has 1 aromatic heterocycles. The average Bonchev–Trinajstić information content (AvgIpc) is 3.39. The second-order valence-electron chi connectivity index (χ2n) is 8.87. The molecule has 0 atom stereocenters. The lowest BCUT2D eigenvalue weighted by molar-refractivity contribution is -0.113. The molecule has 4 aromatic rings. The van der Waals surface area contributed by atoms with Crippen LogP contribution in [0.3, 0.4) is 0 Å². The Hall–Kier alpha value is -3.62. The summed E-state index contributed by atoms with van der Waals surface area (Å²) in [7, 11) is 0. The van der Waals surface area contributed by atoms with Crippen molar-refractivity contribution >= 4 is 29.0 Å². The number of benzene rings is 3. The third kappa shape index (κ3) is 6.33. The number of nitrogens with zero attached hydrogens (tertiary/aromatic N) is 4. The summed E-state index contributed by atoms with van der Waals surface area (Å²) in [6, 6.07) is 26.5. The largest absolute Gasteiger partial charge is 0.411 e. The SMILES string of the molecule is Cc1ccc(-c2nnc(SCC(=O)Nc3ccc(N4CCN(Cc5ccccc5)CC4)cc3)o2)cc1. The molecule has 5 rings (SSSR count). The van der Waals surface area contributed by atoms with Gasteiger partial charge in [0.25, 0.3) is 5.22 Å². The molecule has 0 aliphatic carbocycles. The molecule has 0 bridgehead atoms. The predicted octanol–water partition coefficient (Wildman–Crippen LogP) is 5.10. The van der Waals surface area contributed by atoms with E-state index in [4.69, 9.17) is 4.42 Å². The Morgan fingerprint density at radius 2 is 1.64 bits per heavy atom.